The standard InChI is InChI=1S/C11H11N3O3/c1-7(6-12)11(13)9-4-3-8(14(15)16)5-10(9)17-2/h3-5H,13H2,1-2H3/b11-7+. The number of non-ortho nitro benzene ring substituents is 1. The Balaban J connectivity index is 3.38. The summed E-state index contributed by atoms with van der Waals surface area (Å²) < 4.78 is 5.02. The lowest BCUT2D eigenvalue weighted by molar-refractivity contribution is -0.384. The number of nitro benzene ring substituents is 1. The van der Waals surface area contributed by atoms with Gasteiger partial charge in [0.25, 0.3) is 5.69 Å². The lowest BCUT2D eigenvalue weighted by Crippen LogP contribution is -2.02. The van der Waals surface area contributed by atoms with Gasteiger partial charge in [-0.3, -0.25) is 10.1 Å². The lowest BCUT2D eigenvalue weighted by atomic mass is 10.1. The minimum atomic E-state index is -0.524. The number of allylic oxidation sites excluding steroid dienone is 1. The zero-order valence-corrected chi connectivity index (χ0v) is 9.43. The maximum atomic E-state index is 10.6. The van der Waals surface area contributed by atoms with Gasteiger partial charge in [0, 0.05) is 11.6 Å². The van der Waals surface area contributed by atoms with E-state index in [0.29, 0.717) is 11.1 Å². The molecule has 0 heterocycles. The first kappa shape index (κ1) is 12.5. The minimum absolute atomic E-state index is 0.0898. The number of methoxy groups -OCH3 is 1. The Morgan fingerprint density at radius 2 is 2.24 bits per heavy atom. The fourth-order valence-corrected chi connectivity index (χ4v) is 1.28. The van der Waals surface area contributed by atoms with Crippen molar-refractivity contribution in [3.8, 4) is 11.8 Å². The molecule has 0 amide bonds. The first-order chi connectivity index (χ1) is 8.01. The van der Waals surface area contributed by atoms with Crippen LogP contribution in [0.1, 0.15) is 12.5 Å². The van der Waals surface area contributed by atoms with Gasteiger partial charge in [0.2, 0.25) is 0 Å². The Morgan fingerprint density at radius 3 is 2.71 bits per heavy atom. The Labute approximate surface area is 98.1 Å². The van der Waals surface area contributed by atoms with Crippen LogP contribution in [0.3, 0.4) is 0 Å². The highest BCUT2D eigenvalue weighted by atomic mass is 16.6. The number of nitrogens with two attached hydrogens (primary N) is 1. The molecule has 0 unspecified atom stereocenters. The molecule has 0 fully saturated rings. The van der Waals surface area contributed by atoms with Gasteiger partial charge in [-0.05, 0) is 13.0 Å². The number of hydrogen-bond acceptors (Lipinski definition) is 5. The normalized spacial score (nSPS) is 11.4. The van der Waals surface area contributed by atoms with E-state index in [2.05, 4.69) is 0 Å². The summed E-state index contributed by atoms with van der Waals surface area (Å²) in [5.74, 6) is 0.270. The molecule has 2 N–H and O–H groups in total. The summed E-state index contributed by atoms with van der Waals surface area (Å²) >= 11 is 0. The van der Waals surface area contributed by atoms with Gasteiger partial charge in [0.15, 0.2) is 0 Å². The van der Waals surface area contributed by atoms with E-state index in [4.69, 9.17) is 15.7 Å². The zero-order chi connectivity index (χ0) is 13.0. The summed E-state index contributed by atoms with van der Waals surface area (Å²) in [5, 5.41) is 19.3. The highest BCUT2D eigenvalue weighted by Crippen LogP contribution is 2.29. The molecule has 0 aliphatic rings. The molecule has 0 aromatic heterocycles. The van der Waals surface area contributed by atoms with Crippen molar-refractivity contribution in [3.05, 3.63) is 39.4 Å². The molecule has 6 nitrogen and oxygen atoms in total. The summed E-state index contributed by atoms with van der Waals surface area (Å²) in [6, 6.07) is 5.97. The molecule has 0 spiro atoms. The second-order valence-electron chi connectivity index (χ2n) is 3.29. The van der Waals surface area contributed by atoms with Crippen molar-refractivity contribution >= 4 is 11.4 Å². The third kappa shape index (κ3) is 2.52. The number of benzene rings is 1. The van der Waals surface area contributed by atoms with E-state index in [-0.39, 0.29) is 17.1 Å². The Kier molecular flexibility index (Phi) is 3.67. The highest BCUT2D eigenvalue weighted by molar-refractivity contribution is 5.73. The molecule has 1 rings (SSSR count). The molecule has 88 valence electrons. The van der Waals surface area contributed by atoms with Gasteiger partial charge in [-0.1, -0.05) is 0 Å². The monoisotopic (exact) mass is 233 g/mol. The summed E-state index contributed by atoms with van der Waals surface area (Å²) in [6.45, 7) is 1.57. The SMILES string of the molecule is COc1cc([N+](=O)[O-])ccc1/C(N)=C(/C)C#N. The molecular formula is C11H11N3O3. The van der Waals surface area contributed by atoms with Crippen LogP contribution in [0.15, 0.2) is 23.8 Å². The third-order valence-corrected chi connectivity index (χ3v) is 2.26. The molecule has 1 aromatic rings. The van der Waals surface area contributed by atoms with Crippen molar-refractivity contribution in [2.45, 2.75) is 6.92 Å². The maximum absolute atomic E-state index is 10.6. The summed E-state index contributed by atoms with van der Waals surface area (Å²) in [4.78, 5) is 10.1. The number of hydrogen-bond donors (Lipinski definition) is 1. The first-order valence-electron chi connectivity index (χ1n) is 4.70. The summed E-state index contributed by atoms with van der Waals surface area (Å²) in [5.41, 5.74) is 6.72. The number of ether oxygens (including phenoxy) is 1. The number of nitro groups is 1. The van der Waals surface area contributed by atoms with Crippen LogP contribution in [0.4, 0.5) is 5.69 Å². The molecule has 0 radical (unpaired) electrons. The van der Waals surface area contributed by atoms with E-state index in [0.717, 1.165) is 0 Å². The van der Waals surface area contributed by atoms with Crippen molar-refractivity contribution < 1.29 is 9.66 Å². The smallest absolute Gasteiger partial charge is 0.273 e. The molecule has 0 bridgehead atoms. The van der Waals surface area contributed by atoms with Gasteiger partial charge in [-0.2, -0.15) is 5.26 Å². The van der Waals surface area contributed by atoms with Crippen molar-refractivity contribution in [3.63, 3.8) is 0 Å². The van der Waals surface area contributed by atoms with E-state index in [1.54, 1.807) is 6.92 Å². The number of nitrogens with zero attached hydrogens (tertiary/aromatic N) is 2. The lowest BCUT2D eigenvalue weighted by Gasteiger charge is -2.08. The third-order valence-electron chi connectivity index (χ3n) is 2.26. The van der Waals surface area contributed by atoms with Gasteiger partial charge in [-0.15, -0.1) is 0 Å². The largest absolute Gasteiger partial charge is 0.496 e. The van der Waals surface area contributed by atoms with Gasteiger partial charge in [0.1, 0.15) is 5.75 Å². The van der Waals surface area contributed by atoms with Gasteiger partial charge in [0.05, 0.1) is 35.4 Å². The predicted octanol–water partition coefficient (Wildman–Crippen LogP) is 1.82. The molecule has 0 saturated heterocycles. The van der Waals surface area contributed by atoms with Crippen LogP contribution in [-0.4, -0.2) is 12.0 Å². The van der Waals surface area contributed by atoms with Gasteiger partial charge >= 0.3 is 0 Å². The van der Waals surface area contributed by atoms with E-state index >= 15 is 0 Å². The Bertz CT molecular complexity index is 529. The summed E-state index contributed by atoms with van der Waals surface area (Å²) in [6.07, 6.45) is 0. The molecule has 0 aliphatic carbocycles. The topological polar surface area (TPSA) is 102 Å². The van der Waals surface area contributed by atoms with E-state index in [1.807, 2.05) is 6.07 Å². The van der Waals surface area contributed by atoms with Gasteiger partial charge < -0.3 is 10.5 Å². The minimum Gasteiger partial charge on any atom is -0.496 e. The molecule has 17 heavy (non-hydrogen) atoms. The van der Waals surface area contributed by atoms with Crippen LogP contribution < -0.4 is 10.5 Å². The fourth-order valence-electron chi connectivity index (χ4n) is 1.28. The highest BCUT2D eigenvalue weighted by Gasteiger charge is 2.14. The molecule has 6 heteroatoms. The van der Waals surface area contributed by atoms with Crippen molar-refractivity contribution in [1.29, 1.82) is 5.26 Å². The predicted molar refractivity (Wildman–Crippen MR) is 62.0 cm³/mol. The first-order valence-corrected chi connectivity index (χ1v) is 4.70. The van der Waals surface area contributed by atoms with Crippen LogP contribution in [0.25, 0.3) is 5.70 Å². The average Bonchev–Trinajstić information content (AvgIpc) is 2.35. The van der Waals surface area contributed by atoms with Crippen LogP contribution in [0.2, 0.25) is 0 Å². The quantitative estimate of drug-likeness (QED) is 0.487. The Hall–Kier alpha value is -2.55. The molecule has 0 atom stereocenters. The van der Waals surface area contributed by atoms with Crippen molar-refractivity contribution in [1.82, 2.24) is 0 Å². The number of rotatable bonds is 3. The Morgan fingerprint density at radius 1 is 1.59 bits per heavy atom. The zero-order valence-electron chi connectivity index (χ0n) is 9.43. The van der Waals surface area contributed by atoms with Crippen molar-refractivity contribution in [2.24, 2.45) is 5.73 Å². The van der Waals surface area contributed by atoms with Crippen LogP contribution in [0, 0.1) is 21.4 Å². The van der Waals surface area contributed by atoms with Gasteiger partial charge in [-0.25, -0.2) is 0 Å². The van der Waals surface area contributed by atoms with Crippen LogP contribution >= 0.6 is 0 Å². The second-order valence-corrected chi connectivity index (χ2v) is 3.29. The maximum Gasteiger partial charge on any atom is 0.273 e. The molecule has 1 aromatic carbocycles. The number of nitriles is 1. The van der Waals surface area contributed by atoms with Crippen molar-refractivity contribution in [2.75, 3.05) is 7.11 Å². The van der Waals surface area contributed by atoms with E-state index < -0.39 is 4.92 Å². The molecule has 0 saturated carbocycles. The van der Waals surface area contributed by atoms with Crippen LogP contribution in [-0.2, 0) is 0 Å². The molecule has 0 aliphatic heterocycles. The second kappa shape index (κ2) is 4.99. The van der Waals surface area contributed by atoms with E-state index in [1.165, 1.54) is 25.3 Å². The van der Waals surface area contributed by atoms with E-state index in [9.17, 15) is 10.1 Å². The fraction of sp³-hybridized carbons (Fsp3) is 0.182. The van der Waals surface area contributed by atoms with Crippen LogP contribution in [0.5, 0.6) is 5.75 Å². The average molecular weight is 233 g/mol. The summed E-state index contributed by atoms with van der Waals surface area (Å²) in [7, 11) is 1.39. The molecular weight excluding hydrogens is 222 g/mol.